The number of hydrogen-bond acceptors (Lipinski definition) is 4. The zero-order valence-electron chi connectivity index (χ0n) is 11.2. The van der Waals surface area contributed by atoms with Gasteiger partial charge in [-0.25, -0.2) is 0 Å². The molecule has 112 valence electrons. The molecule has 1 rings (SSSR count). The first-order valence-corrected chi connectivity index (χ1v) is 6.13. The molecule has 3 unspecified atom stereocenters. The van der Waals surface area contributed by atoms with Crippen LogP contribution in [0.1, 0.15) is 6.92 Å². The van der Waals surface area contributed by atoms with Crippen LogP contribution >= 0.6 is 0 Å². The summed E-state index contributed by atoms with van der Waals surface area (Å²) in [6.07, 6.45) is -5.47. The van der Waals surface area contributed by atoms with Crippen molar-refractivity contribution in [2.24, 2.45) is 5.92 Å². The number of hydrogen-bond donors (Lipinski definition) is 2. The molecular formula is C12H21F3N2O2. The first-order valence-electron chi connectivity index (χ1n) is 6.13. The lowest BCUT2D eigenvalue weighted by Crippen LogP contribution is -2.60. The summed E-state index contributed by atoms with van der Waals surface area (Å²) in [5, 5.41) is 19.3. The van der Waals surface area contributed by atoms with Crippen molar-refractivity contribution in [2.45, 2.75) is 25.4 Å². The fraction of sp³-hybridized carbons (Fsp3) is 0.833. The molecule has 0 saturated carbocycles. The fourth-order valence-electron chi connectivity index (χ4n) is 2.25. The number of piperazine rings is 1. The molecule has 0 aliphatic carbocycles. The zero-order chi connectivity index (χ0) is 14.8. The van der Waals surface area contributed by atoms with E-state index in [0.29, 0.717) is 12.1 Å². The second kappa shape index (κ2) is 6.21. The van der Waals surface area contributed by atoms with E-state index >= 15 is 0 Å². The molecule has 1 aliphatic heterocycles. The van der Waals surface area contributed by atoms with Crippen LogP contribution in [0.3, 0.4) is 0 Å². The molecule has 3 atom stereocenters. The minimum Gasteiger partial charge on any atom is -0.396 e. The molecule has 7 heteroatoms. The Labute approximate surface area is 111 Å². The van der Waals surface area contributed by atoms with Crippen molar-refractivity contribution < 1.29 is 23.4 Å². The lowest BCUT2D eigenvalue weighted by molar-refractivity contribution is -0.204. The van der Waals surface area contributed by atoms with E-state index in [-0.39, 0.29) is 19.7 Å². The third kappa shape index (κ3) is 3.92. The number of rotatable bonds is 4. The summed E-state index contributed by atoms with van der Waals surface area (Å²) < 4.78 is 38.6. The first-order chi connectivity index (χ1) is 8.68. The van der Waals surface area contributed by atoms with Crippen molar-refractivity contribution in [3.8, 4) is 0 Å². The highest BCUT2D eigenvalue weighted by molar-refractivity contribution is 5.00. The van der Waals surface area contributed by atoms with E-state index in [1.165, 1.54) is 16.8 Å². The van der Waals surface area contributed by atoms with Crippen LogP contribution in [0.15, 0.2) is 12.2 Å². The smallest absolute Gasteiger partial charge is 0.396 e. The van der Waals surface area contributed by atoms with Gasteiger partial charge in [0.2, 0.25) is 0 Å². The van der Waals surface area contributed by atoms with Crippen molar-refractivity contribution in [2.75, 3.05) is 33.3 Å². The van der Waals surface area contributed by atoms with Gasteiger partial charge in [0, 0.05) is 25.6 Å². The lowest BCUT2D eigenvalue weighted by Gasteiger charge is -2.43. The Morgan fingerprint density at radius 3 is 2.42 bits per heavy atom. The molecule has 19 heavy (non-hydrogen) atoms. The van der Waals surface area contributed by atoms with E-state index in [0.717, 1.165) is 0 Å². The Bertz CT molecular complexity index is 323. The van der Waals surface area contributed by atoms with Gasteiger partial charge >= 0.3 is 6.18 Å². The van der Waals surface area contributed by atoms with Crippen molar-refractivity contribution in [1.29, 1.82) is 0 Å². The summed E-state index contributed by atoms with van der Waals surface area (Å²) in [7, 11) is 1.42. The molecular weight excluding hydrogens is 261 g/mol. The van der Waals surface area contributed by atoms with Gasteiger partial charge in [-0.15, -0.1) is 0 Å². The summed E-state index contributed by atoms with van der Waals surface area (Å²) in [6.45, 7) is 5.20. The van der Waals surface area contributed by atoms with Crippen molar-refractivity contribution in [1.82, 2.24) is 9.80 Å². The summed E-state index contributed by atoms with van der Waals surface area (Å²) in [5.74, 6) is -0.628. The van der Waals surface area contributed by atoms with Crippen molar-refractivity contribution >= 4 is 0 Å². The SMILES string of the molecule is C=C(C)C(CO)C(O)N1CCN(C)C(C(F)(F)F)C1. The minimum atomic E-state index is -4.33. The average Bonchev–Trinajstić information content (AvgIpc) is 2.28. The highest BCUT2D eigenvalue weighted by atomic mass is 19.4. The van der Waals surface area contributed by atoms with Gasteiger partial charge in [0.05, 0.1) is 6.61 Å². The van der Waals surface area contributed by atoms with Gasteiger partial charge in [-0.1, -0.05) is 12.2 Å². The van der Waals surface area contributed by atoms with Crippen LogP contribution in [0.5, 0.6) is 0 Å². The van der Waals surface area contributed by atoms with Gasteiger partial charge in [-0.3, -0.25) is 9.80 Å². The number of nitrogens with zero attached hydrogens (tertiary/aromatic N) is 2. The maximum absolute atomic E-state index is 12.9. The van der Waals surface area contributed by atoms with E-state index in [9.17, 15) is 23.4 Å². The lowest BCUT2D eigenvalue weighted by atomic mass is 9.99. The van der Waals surface area contributed by atoms with Gasteiger partial charge in [0.1, 0.15) is 12.3 Å². The highest BCUT2D eigenvalue weighted by Crippen LogP contribution is 2.28. The van der Waals surface area contributed by atoms with Crippen LogP contribution < -0.4 is 0 Å². The summed E-state index contributed by atoms with van der Waals surface area (Å²) in [6, 6.07) is -1.60. The predicted octanol–water partition coefficient (Wildman–Crippen LogP) is 0.668. The number of aliphatic hydroxyl groups is 2. The molecule has 4 nitrogen and oxygen atoms in total. The van der Waals surface area contributed by atoms with Gasteiger partial charge in [0.25, 0.3) is 0 Å². The first kappa shape index (κ1) is 16.4. The Kier molecular flexibility index (Phi) is 5.37. The average molecular weight is 282 g/mol. The van der Waals surface area contributed by atoms with E-state index < -0.39 is 24.4 Å². The highest BCUT2D eigenvalue weighted by Gasteiger charge is 2.46. The van der Waals surface area contributed by atoms with Crippen LogP contribution in [-0.4, -0.2) is 71.7 Å². The predicted molar refractivity (Wildman–Crippen MR) is 65.4 cm³/mol. The number of aliphatic hydroxyl groups excluding tert-OH is 2. The van der Waals surface area contributed by atoms with E-state index in [2.05, 4.69) is 6.58 Å². The monoisotopic (exact) mass is 282 g/mol. The molecule has 0 bridgehead atoms. The summed E-state index contributed by atoms with van der Waals surface area (Å²) in [4.78, 5) is 2.59. The summed E-state index contributed by atoms with van der Waals surface area (Å²) in [5.41, 5.74) is 0.553. The Balaban J connectivity index is 2.77. The second-order valence-electron chi connectivity index (χ2n) is 5.08. The molecule has 1 saturated heterocycles. The molecule has 1 aliphatic rings. The topological polar surface area (TPSA) is 46.9 Å². The van der Waals surface area contributed by atoms with Crippen LogP contribution in [0.25, 0.3) is 0 Å². The van der Waals surface area contributed by atoms with Crippen LogP contribution in [0.2, 0.25) is 0 Å². The van der Waals surface area contributed by atoms with Crippen molar-refractivity contribution in [3.05, 3.63) is 12.2 Å². The quantitative estimate of drug-likeness (QED) is 0.744. The molecule has 0 aromatic carbocycles. The largest absolute Gasteiger partial charge is 0.405 e. The normalized spacial score (nSPS) is 26.2. The van der Waals surface area contributed by atoms with Gasteiger partial charge in [-0.2, -0.15) is 13.2 Å². The third-order valence-corrected chi connectivity index (χ3v) is 3.62. The number of halogens is 3. The van der Waals surface area contributed by atoms with Crippen molar-refractivity contribution in [3.63, 3.8) is 0 Å². The minimum absolute atomic E-state index is 0.218. The molecule has 1 heterocycles. The van der Waals surface area contributed by atoms with E-state index in [1.807, 2.05) is 0 Å². The summed E-state index contributed by atoms with van der Waals surface area (Å²) >= 11 is 0. The molecule has 0 amide bonds. The molecule has 0 aromatic heterocycles. The Morgan fingerprint density at radius 1 is 1.42 bits per heavy atom. The van der Waals surface area contributed by atoms with Crippen LogP contribution in [-0.2, 0) is 0 Å². The molecule has 0 spiro atoms. The Morgan fingerprint density at radius 2 is 2.00 bits per heavy atom. The third-order valence-electron chi connectivity index (χ3n) is 3.62. The second-order valence-corrected chi connectivity index (χ2v) is 5.08. The standard InChI is InChI=1S/C12H21F3N2O2/c1-8(2)9(7-18)11(19)17-5-4-16(3)10(6-17)12(13,14)15/h9-11,18-19H,1,4-7H2,2-3H3. The number of likely N-dealkylation sites (N-methyl/N-ethyl adjacent to an activating group) is 1. The Hall–Kier alpha value is -0.630. The van der Waals surface area contributed by atoms with E-state index in [1.54, 1.807) is 6.92 Å². The molecule has 0 radical (unpaired) electrons. The molecule has 0 aromatic rings. The van der Waals surface area contributed by atoms with Gasteiger partial charge in [0.15, 0.2) is 0 Å². The fourth-order valence-corrected chi connectivity index (χ4v) is 2.25. The van der Waals surface area contributed by atoms with E-state index in [4.69, 9.17) is 0 Å². The molecule has 2 N–H and O–H groups in total. The zero-order valence-corrected chi connectivity index (χ0v) is 11.2. The van der Waals surface area contributed by atoms with Crippen LogP contribution in [0, 0.1) is 5.92 Å². The maximum atomic E-state index is 12.9. The van der Waals surface area contributed by atoms with Gasteiger partial charge in [-0.05, 0) is 14.0 Å². The maximum Gasteiger partial charge on any atom is 0.405 e. The molecule has 1 fully saturated rings. The van der Waals surface area contributed by atoms with Gasteiger partial charge < -0.3 is 10.2 Å². The van der Waals surface area contributed by atoms with Crippen LogP contribution in [0.4, 0.5) is 13.2 Å². The number of alkyl halides is 3.